The van der Waals surface area contributed by atoms with Crippen LogP contribution in [0.15, 0.2) is 47.3 Å². The molecule has 1 amide bonds. The zero-order valence-corrected chi connectivity index (χ0v) is 15.3. The lowest BCUT2D eigenvalue weighted by Gasteiger charge is -2.22. The fourth-order valence-corrected chi connectivity index (χ4v) is 3.60. The van der Waals surface area contributed by atoms with E-state index < -0.39 is 85.0 Å². The van der Waals surface area contributed by atoms with Crippen molar-refractivity contribution in [1.82, 2.24) is 0 Å². The van der Waals surface area contributed by atoms with Crippen molar-refractivity contribution in [2.75, 3.05) is 11.1 Å². The molecule has 11 heteroatoms. The SMILES string of the molecule is [2H]c1c([2H])c(S(=O)(=O)C[C@@](C)(O)C(=O)Nc2ccc(C#N)c(C(F)(F)F)c2)c([2H])c([2H])c1F. The number of hydrogen-bond acceptors (Lipinski definition) is 5. The van der Waals surface area contributed by atoms with Gasteiger partial charge in [-0.3, -0.25) is 4.79 Å². The van der Waals surface area contributed by atoms with E-state index in [2.05, 4.69) is 0 Å². The monoisotopic (exact) mass is 434 g/mol. The average molecular weight is 434 g/mol. The minimum Gasteiger partial charge on any atom is -0.379 e. The van der Waals surface area contributed by atoms with Gasteiger partial charge in [0, 0.05) is 5.69 Å². The highest BCUT2D eigenvalue weighted by Gasteiger charge is 2.38. The van der Waals surface area contributed by atoms with Crippen molar-refractivity contribution in [3.63, 3.8) is 0 Å². The predicted octanol–water partition coefficient (Wildman–Crippen LogP) is 2.88. The first-order valence-electron chi connectivity index (χ1n) is 9.57. The summed E-state index contributed by atoms with van der Waals surface area (Å²) < 4.78 is 108. The first-order valence-corrected chi connectivity index (χ1v) is 9.23. The zero-order chi connectivity index (χ0) is 25.5. The molecule has 0 bridgehead atoms. The molecule has 0 aliphatic rings. The Morgan fingerprint density at radius 1 is 1.28 bits per heavy atom. The van der Waals surface area contributed by atoms with Crippen LogP contribution in [0, 0.1) is 17.1 Å². The van der Waals surface area contributed by atoms with Gasteiger partial charge in [0.15, 0.2) is 15.4 Å². The molecule has 2 N–H and O–H groups in total. The molecule has 6 nitrogen and oxygen atoms in total. The minimum atomic E-state index is -4.95. The summed E-state index contributed by atoms with van der Waals surface area (Å²) in [5, 5.41) is 21.1. The summed E-state index contributed by atoms with van der Waals surface area (Å²) in [6, 6.07) is -1.67. The highest BCUT2D eigenvalue weighted by molar-refractivity contribution is 7.91. The third-order valence-electron chi connectivity index (χ3n) is 3.55. The quantitative estimate of drug-likeness (QED) is 0.556. The highest BCUT2D eigenvalue weighted by atomic mass is 32.2. The van der Waals surface area contributed by atoms with E-state index in [0.29, 0.717) is 13.0 Å². The summed E-state index contributed by atoms with van der Waals surface area (Å²) in [6.07, 6.45) is -4.95. The van der Waals surface area contributed by atoms with Crippen LogP contribution in [0.4, 0.5) is 23.2 Å². The van der Waals surface area contributed by atoms with Crippen LogP contribution < -0.4 is 5.32 Å². The number of aliphatic hydroxyl groups is 1. The van der Waals surface area contributed by atoms with Crippen LogP contribution >= 0.6 is 0 Å². The normalized spacial score (nSPS) is 15.9. The molecule has 0 aromatic heterocycles. The molecular formula is C18H14F4N2O4S. The van der Waals surface area contributed by atoms with Crippen molar-refractivity contribution >= 4 is 21.4 Å². The molecule has 0 aliphatic carbocycles. The van der Waals surface area contributed by atoms with Crippen LogP contribution in [0.25, 0.3) is 0 Å². The Labute approximate surface area is 168 Å². The van der Waals surface area contributed by atoms with Crippen LogP contribution in [0.5, 0.6) is 0 Å². The number of hydrogen-bond donors (Lipinski definition) is 2. The Morgan fingerprint density at radius 3 is 2.38 bits per heavy atom. The molecule has 0 aliphatic heterocycles. The Hall–Kier alpha value is -2.97. The van der Waals surface area contributed by atoms with Gasteiger partial charge in [-0.15, -0.1) is 0 Å². The molecule has 0 saturated heterocycles. The lowest BCUT2D eigenvalue weighted by Crippen LogP contribution is -2.45. The smallest absolute Gasteiger partial charge is 0.379 e. The zero-order valence-electron chi connectivity index (χ0n) is 18.5. The van der Waals surface area contributed by atoms with Gasteiger partial charge in [0.05, 0.1) is 33.3 Å². The maximum absolute atomic E-state index is 13.7. The van der Waals surface area contributed by atoms with Crippen molar-refractivity contribution in [1.29, 1.82) is 5.26 Å². The maximum atomic E-state index is 13.7. The Morgan fingerprint density at radius 2 is 1.86 bits per heavy atom. The number of amides is 1. The molecule has 0 fully saturated rings. The van der Waals surface area contributed by atoms with Crippen LogP contribution in [0.1, 0.15) is 23.5 Å². The number of anilines is 1. The number of carbonyl (C=O) groups excluding carboxylic acids is 1. The number of sulfone groups is 1. The second-order valence-electron chi connectivity index (χ2n) is 6.00. The van der Waals surface area contributed by atoms with E-state index in [-0.39, 0.29) is 0 Å². The van der Waals surface area contributed by atoms with E-state index in [1.54, 1.807) is 0 Å². The van der Waals surface area contributed by atoms with Crippen molar-refractivity contribution < 1.29 is 41.4 Å². The summed E-state index contributed by atoms with van der Waals surface area (Å²) in [4.78, 5) is 11.2. The van der Waals surface area contributed by atoms with Gasteiger partial charge in [-0.1, -0.05) is 0 Å². The molecule has 2 aromatic carbocycles. The van der Waals surface area contributed by atoms with Gasteiger partial charge >= 0.3 is 6.18 Å². The summed E-state index contributed by atoms with van der Waals surface area (Å²) in [7, 11) is -4.94. The van der Waals surface area contributed by atoms with Crippen molar-refractivity contribution in [3.05, 3.63) is 59.3 Å². The molecule has 1 atom stereocenters. The summed E-state index contributed by atoms with van der Waals surface area (Å²) in [6.45, 7) is 0.689. The number of rotatable bonds is 5. The molecular weight excluding hydrogens is 416 g/mol. The average Bonchev–Trinajstić information content (AvgIpc) is 2.69. The molecule has 0 saturated carbocycles. The van der Waals surface area contributed by atoms with Crippen molar-refractivity contribution in [2.45, 2.75) is 23.6 Å². The summed E-state index contributed by atoms with van der Waals surface area (Å²) >= 11 is 0. The van der Waals surface area contributed by atoms with Crippen LogP contribution in [-0.4, -0.2) is 30.8 Å². The Bertz CT molecular complexity index is 1260. The molecule has 154 valence electrons. The fraction of sp³-hybridized carbons (Fsp3) is 0.222. The number of alkyl halides is 3. The van der Waals surface area contributed by atoms with Crippen LogP contribution in [0.2, 0.25) is 0 Å². The van der Waals surface area contributed by atoms with E-state index in [1.165, 1.54) is 6.07 Å². The summed E-state index contributed by atoms with van der Waals surface area (Å²) in [5.41, 5.74) is -5.47. The van der Waals surface area contributed by atoms with Gasteiger partial charge in [-0.05, 0) is 49.3 Å². The Kier molecular flexibility index (Phi) is 4.56. The van der Waals surface area contributed by atoms with Gasteiger partial charge in [0.25, 0.3) is 5.91 Å². The van der Waals surface area contributed by atoms with E-state index in [1.807, 2.05) is 5.32 Å². The third-order valence-corrected chi connectivity index (χ3v) is 5.31. The van der Waals surface area contributed by atoms with Crippen LogP contribution in [-0.2, 0) is 20.8 Å². The second kappa shape index (κ2) is 7.81. The van der Waals surface area contributed by atoms with Gasteiger partial charge in [0.1, 0.15) is 5.82 Å². The molecule has 2 rings (SSSR count). The minimum absolute atomic E-state index is 0.406. The van der Waals surface area contributed by atoms with E-state index in [4.69, 9.17) is 10.7 Å². The number of nitrogens with one attached hydrogen (secondary N) is 1. The van der Waals surface area contributed by atoms with Gasteiger partial charge in [-0.2, -0.15) is 18.4 Å². The topological polar surface area (TPSA) is 107 Å². The molecule has 0 spiro atoms. The molecule has 0 heterocycles. The molecule has 0 unspecified atom stereocenters. The second-order valence-corrected chi connectivity index (χ2v) is 7.93. The van der Waals surface area contributed by atoms with E-state index in [0.717, 1.165) is 12.1 Å². The van der Waals surface area contributed by atoms with Gasteiger partial charge in [0.2, 0.25) is 0 Å². The summed E-state index contributed by atoms with van der Waals surface area (Å²) in [5.74, 6) is -4.59. The lowest BCUT2D eigenvalue weighted by molar-refractivity contribution is -0.137. The predicted molar refractivity (Wildman–Crippen MR) is 93.9 cm³/mol. The molecule has 0 radical (unpaired) electrons. The van der Waals surface area contributed by atoms with Gasteiger partial charge < -0.3 is 10.4 Å². The molecule has 2 aromatic rings. The van der Waals surface area contributed by atoms with Gasteiger partial charge in [-0.25, -0.2) is 12.8 Å². The van der Waals surface area contributed by atoms with Crippen molar-refractivity contribution in [2.24, 2.45) is 0 Å². The first-order chi connectivity index (χ1) is 14.9. The van der Waals surface area contributed by atoms with Crippen LogP contribution in [0.3, 0.4) is 0 Å². The number of halogens is 4. The number of nitriles is 1. The largest absolute Gasteiger partial charge is 0.417 e. The standard InChI is InChI=1S/C18H14F4N2O4S/c1-17(26,10-29(27,28)14-6-3-12(19)4-7-14)16(25)24-13-5-2-11(9-23)15(8-13)18(20,21)22/h2-8,26H,10H2,1H3,(H,24,25)/t17-/m1/s1/i3D,4D,6D,7D. The number of benzene rings is 2. The first kappa shape index (κ1) is 16.9. The fourth-order valence-electron chi connectivity index (χ4n) is 2.17. The Balaban J connectivity index is 2.41. The van der Waals surface area contributed by atoms with Crippen molar-refractivity contribution in [3.8, 4) is 6.07 Å². The van der Waals surface area contributed by atoms with E-state index >= 15 is 0 Å². The maximum Gasteiger partial charge on any atom is 0.417 e. The lowest BCUT2D eigenvalue weighted by atomic mass is 10.1. The van der Waals surface area contributed by atoms with E-state index in [9.17, 15) is 35.9 Å². The number of nitrogens with zero attached hydrogens (tertiary/aromatic N) is 1. The highest BCUT2D eigenvalue weighted by Crippen LogP contribution is 2.33. The number of carbonyl (C=O) groups is 1. The molecule has 29 heavy (non-hydrogen) atoms. The third kappa shape index (κ3) is 5.30.